The minimum absolute atomic E-state index is 0.0584. The number of benzene rings is 5. The Morgan fingerprint density at radius 3 is 2.20 bits per heavy atom. The Morgan fingerprint density at radius 2 is 1.41 bits per heavy atom. The number of nitrogens with zero attached hydrogens (tertiary/aromatic N) is 3. The first-order valence-electron chi connectivity index (χ1n) is 14.4. The third-order valence-electron chi connectivity index (χ3n) is 7.79. The van der Waals surface area contributed by atoms with Gasteiger partial charge in [0.25, 0.3) is 5.91 Å². The second-order valence-corrected chi connectivity index (χ2v) is 11.6. The number of fused-ring (bicyclic) bond motifs is 3. The molecule has 6 nitrogen and oxygen atoms in total. The molecule has 214 valence electrons. The zero-order valence-electron chi connectivity index (χ0n) is 23.8. The van der Waals surface area contributed by atoms with Crippen molar-refractivity contribution in [2.75, 3.05) is 11.1 Å². The van der Waals surface area contributed by atoms with Crippen LogP contribution < -0.4 is 5.32 Å². The first kappa shape index (κ1) is 27.6. The highest BCUT2D eigenvalue weighted by molar-refractivity contribution is 7.99. The molecule has 44 heavy (non-hydrogen) atoms. The van der Waals surface area contributed by atoms with Gasteiger partial charge >= 0.3 is 0 Å². The molecule has 0 radical (unpaired) electrons. The maximum atomic E-state index is 13.4. The van der Waals surface area contributed by atoms with E-state index in [1.807, 2.05) is 77.4 Å². The van der Waals surface area contributed by atoms with Crippen LogP contribution in [0.25, 0.3) is 22.5 Å². The number of anilines is 1. The van der Waals surface area contributed by atoms with Gasteiger partial charge in [-0.25, -0.2) is 0 Å². The van der Waals surface area contributed by atoms with Crippen molar-refractivity contribution in [1.82, 2.24) is 14.8 Å². The second-order valence-electron chi connectivity index (χ2n) is 10.7. The molecule has 1 aromatic heterocycles. The first-order valence-corrected chi connectivity index (χ1v) is 15.4. The van der Waals surface area contributed by atoms with Gasteiger partial charge in [0.15, 0.2) is 16.8 Å². The van der Waals surface area contributed by atoms with E-state index in [9.17, 15) is 9.59 Å². The van der Waals surface area contributed by atoms with E-state index in [1.165, 1.54) is 34.0 Å². The summed E-state index contributed by atoms with van der Waals surface area (Å²) in [7, 11) is 0. The molecule has 0 spiro atoms. The zero-order chi connectivity index (χ0) is 29.9. The summed E-state index contributed by atoms with van der Waals surface area (Å²) >= 11 is 1.40. The summed E-state index contributed by atoms with van der Waals surface area (Å²) in [5.74, 6) is 0.841. The van der Waals surface area contributed by atoms with Gasteiger partial charge in [0.05, 0.1) is 12.3 Å². The maximum Gasteiger partial charge on any atom is 0.255 e. The van der Waals surface area contributed by atoms with Crippen molar-refractivity contribution in [3.05, 3.63) is 155 Å². The Labute approximate surface area is 259 Å². The monoisotopic (exact) mass is 592 g/mol. The topological polar surface area (TPSA) is 76.9 Å². The lowest BCUT2D eigenvalue weighted by molar-refractivity contribution is 0.101. The van der Waals surface area contributed by atoms with Crippen molar-refractivity contribution in [2.24, 2.45) is 0 Å². The number of ketones is 1. The molecule has 1 amide bonds. The highest BCUT2D eigenvalue weighted by atomic mass is 32.2. The van der Waals surface area contributed by atoms with Crippen LogP contribution in [0.5, 0.6) is 0 Å². The molecule has 1 heterocycles. The molecule has 7 heteroatoms. The molecule has 5 aromatic carbocycles. The van der Waals surface area contributed by atoms with Gasteiger partial charge in [-0.15, -0.1) is 10.2 Å². The minimum atomic E-state index is -0.165. The number of nitrogens with one attached hydrogen (secondary N) is 1. The summed E-state index contributed by atoms with van der Waals surface area (Å²) < 4.78 is 2.05. The van der Waals surface area contributed by atoms with E-state index in [0.29, 0.717) is 34.3 Å². The fraction of sp³-hybridized carbons (Fsp3) is 0.0811. The Balaban J connectivity index is 1.10. The standard InChI is InChI=1S/C37H28N4O2S/c42-34(29-17-20-33-30(22-29)21-28-13-7-8-14-32(28)33)24-44-37-40-39-35(41(37)23-25-9-3-1-4-10-25)26-15-18-31(19-16-26)38-36(43)27-11-5-2-6-12-27/h1-20,22H,21,23-24H2,(H,38,43). The molecule has 0 bridgehead atoms. The lowest BCUT2D eigenvalue weighted by Crippen LogP contribution is -2.11. The van der Waals surface area contributed by atoms with Crippen molar-refractivity contribution in [1.29, 1.82) is 0 Å². The van der Waals surface area contributed by atoms with Gasteiger partial charge in [-0.1, -0.05) is 96.7 Å². The van der Waals surface area contributed by atoms with Gasteiger partial charge in [0, 0.05) is 22.4 Å². The number of hydrogen-bond donors (Lipinski definition) is 1. The third-order valence-corrected chi connectivity index (χ3v) is 8.75. The third kappa shape index (κ3) is 5.70. The summed E-state index contributed by atoms with van der Waals surface area (Å²) in [4.78, 5) is 26.0. The van der Waals surface area contributed by atoms with E-state index in [2.05, 4.69) is 58.0 Å². The lowest BCUT2D eigenvalue weighted by atomic mass is 10.0. The van der Waals surface area contributed by atoms with Gasteiger partial charge in [-0.05, 0) is 76.7 Å². The molecule has 0 unspecified atom stereocenters. The number of Topliss-reactive ketones (excluding diaryl/α,β-unsaturated/α-hetero) is 1. The smallest absolute Gasteiger partial charge is 0.255 e. The molecule has 0 atom stereocenters. The van der Waals surface area contributed by atoms with Gasteiger partial charge in [0.2, 0.25) is 0 Å². The number of rotatable bonds is 9. The summed E-state index contributed by atoms with van der Waals surface area (Å²) in [5.41, 5.74) is 8.93. The average molecular weight is 593 g/mol. The van der Waals surface area contributed by atoms with E-state index in [4.69, 9.17) is 0 Å². The fourth-order valence-corrected chi connectivity index (χ4v) is 6.38. The molecule has 1 aliphatic rings. The van der Waals surface area contributed by atoms with Crippen LogP contribution in [0.4, 0.5) is 5.69 Å². The molecule has 7 rings (SSSR count). The normalized spacial score (nSPS) is 11.5. The Morgan fingerprint density at radius 1 is 0.705 bits per heavy atom. The first-order chi connectivity index (χ1) is 21.6. The van der Waals surface area contributed by atoms with E-state index < -0.39 is 0 Å². The van der Waals surface area contributed by atoms with E-state index >= 15 is 0 Å². The maximum absolute atomic E-state index is 13.4. The second kappa shape index (κ2) is 12.1. The van der Waals surface area contributed by atoms with Crippen molar-refractivity contribution in [3.8, 4) is 22.5 Å². The number of hydrogen-bond acceptors (Lipinski definition) is 5. The Kier molecular flexibility index (Phi) is 7.61. The van der Waals surface area contributed by atoms with Crippen LogP contribution in [0.2, 0.25) is 0 Å². The predicted octanol–water partition coefficient (Wildman–Crippen LogP) is 7.79. The number of carbonyl (C=O) groups is 2. The van der Waals surface area contributed by atoms with Crippen molar-refractivity contribution in [2.45, 2.75) is 18.1 Å². The zero-order valence-corrected chi connectivity index (χ0v) is 24.6. The van der Waals surface area contributed by atoms with E-state index in [1.54, 1.807) is 12.1 Å². The fourth-order valence-electron chi connectivity index (χ4n) is 5.54. The summed E-state index contributed by atoms with van der Waals surface area (Å²) in [6.07, 6.45) is 0.850. The van der Waals surface area contributed by atoms with E-state index in [-0.39, 0.29) is 17.4 Å². The molecule has 1 aliphatic carbocycles. The molecule has 0 saturated heterocycles. The average Bonchev–Trinajstić information content (AvgIpc) is 3.65. The van der Waals surface area contributed by atoms with E-state index in [0.717, 1.165) is 17.5 Å². The summed E-state index contributed by atoms with van der Waals surface area (Å²) in [5, 5.41) is 12.7. The number of carbonyl (C=O) groups excluding carboxylic acids is 2. The van der Waals surface area contributed by atoms with Gasteiger partial charge < -0.3 is 5.32 Å². The van der Waals surface area contributed by atoms with Crippen molar-refractivity contribution >= 4 is 29.1 Å². The Bertz CT molecular complexity index is 1970. The van der Waals surface area contributed by atoms with Crippen molar-refractivity contribution in [3.63, 3.8) is 0 Å². The van der Waals surface area contributed by atoms with Gasteiger partial charge in [0.1, 0.15) is 0 Å². The van der Waals surface area contributed by atoms with Crippen LogP contribution in [0.3, 0.4) is 0 Å². The van der Waals surface area contributed by atoms with Crippen molar-refractivity contribution < 1.29 is 9.59 Å². The number of thioether (sulfide) groups is 1. The molecule has 1 N–H and O–H groups in total. The number of amides is 1. The number of aromatic nitrogens is 3. The van der Waals surface area contributed by atoms with Crippen LogP contribution >= 0.6 is 11.8 Å². The molecule has 0 aliphatic heterocycles. The minimum Gasteiger partial charge on any atom is -0.322 e. The van der Waals surface area contributed by atoms with Crippen LogP contribution in [-0.2, 0) is 13.0 Å². The largest absolute Gasteiger partial charge is 0.322 e. The van der Waals surface area contributed by atoms with Crippen LogP contribution in [0.15, 0.2) is 133 Å². The van der Waals surface area contributed by atoms with Crippen LogP contribution in [0.1, 0.15) is 37.4 Å². The van der Waals surface area contributed by atoms with Gasteiger partial charge in [-0.3, -0.25) is 14.2 Å². The van der Waals surface area contributed by atoms with Crippen LogP contribution in [-0.4, -0.2) is 32.2 Å². The lowest BCUT2D eigenvalue weighted by Gasteiger charge is -2.11. The SMILES string of the molecule is O=C(CSc1nnc(-c2ccc(NC(=O)c3ccccc3)cc2)n1Cc1ccccc1)c1ccc2c(c1)Cc1ccccc1-2. The van der Waals surface area contributed by atoms with Crippen LogP contribution in [0, 0.1) is 0 Å². The quantitative estimate of drug-likeness (QED) is 0.137. The summed E-state index contributed by atoms with van der Waals surface area (Å²) in [6.45, 7) is 0.559. The summed E-state index contributed by atoms with van der Waals surface area (Å²) in [6, 6.07) is 41.3. The molecule has 0 fully saturated rings. The molecular weight excluding hydrogens is 565 g/mol. The highest BCUT2D eigenvalue weighted by Crippen LogP contribution is 2.37. The molecule has 0 saturated carbocycles. The predicted molar refractivity (Wildman–Crippen MR) is 175 cm³/mol. The molecule has 6 aromatic rings. The molecular formula is C37H28N4O2S. The highest BCUT2D eigenvalue weighted by Gasteiger charge is 2.21. The van der Waals surface area contributed by atoms with Gasteiger partial charge in [-0.2, -0.15) is 0 Å². The Hall–Kier alpha value is -5.27.